The van der Waals surface area contributed by atoms with Gasteiger partial charge in [0.15, 0.2) is 0 Å². The number of amides is 1. The standard InChI is InChI=1S/C14H18FN3O/c1-10-4-5-12(8-13(10)15)11(2)18-9-14(19)17-7-3-6-16/h4-5,8,11,18H,3,7,9H2,1-2H3,(H,17,19). The summed E-state index contributed by atoms with van der Waals surface area (Å²) in [4.78, 5) is 11.4. The minimum absolute atomic E-state index is 0.114. The molecule has 1 atom stereocenters. The maximum absolute atomic E-state index is 13.4. The molecule has 1 amide bonds. The predicted molar refractivity (Wildman–Crippen MR) is 70.8 cm³/mol. The topological polar surface area (TPSA) is 64.9 Å². The molecule has 102 valence electrons. The van der Waals surface area contributed by atoms with Gasteiger partial charge in [0.25, 0.3) is 0 Å². The molecule has 0 bridgehead atoms. The molecule has 0 spiro atoms. The van der Waals surface area contributed by atoms with Gasteiger partial charge in [0, 0.05) is 12.6 Å². The third kappa shape index (κ3) is 5.06. The van der Waals surface area contributed by atoms with Crippen molar-refractivity contribution in [3.8, 4) is 6.07 Å². The Kier molecular flexibility index (Phi) is 5.97. The van der Waals surface area contributed by atoms with Gasteiger partial charge in [0.1, 0.15) is 5.82 Å². The van der Waals surface area contributed by atoms with Crippen LogP contribution in [0.1, 0.15) is 30.5 Å². The molecule has 0 aliphatic carbocycles. The molecule has 0 saturated carbocycles. The molecule has 0 radical (unpaired) electrons. The fraction of sp³-hybridized carbons (Fsp3) is 0.429. The third-order valence-electron chi connectivity index (χ3n) is 2.82. The average molecular weight is 263 g/mol. The zero-order valence-corrected chi connectivity index (χ0v) is 11.2. The molecule has 0 saturated heterocycles. The van der Waals surface area contributed by atoms with Crippen molar-refractivity contribution in [2.45, 2.75) is 26.3 Å². The van der Waals surface area contributed by atoms with Gasteiger partial charge in [-0.25, -0.2) is 4.39 Å². The summed E-state index contributed by atoms with van der Waals surface area (Å²) in [6, 6.07) is 6.86. The first-order chi connectivity index (χ1) is 9.04. The fourth-order valence-corrected chi connectivity index (χ4v) is 1.56. The van der Waals surface area contributed by atoms with Crippen molar-refractivity contribution in [3.05, 3.63) is 35.1 Å². The van der Waals surface area contributed by atoms with Gasteiger partial charge >= 0.3 is 0 Å². The first-order valence-corrected chi connectivity index (χ1v) is 6.17. The number of carbonyl (C=O) groups excluding carboxylic acids is 1. The maximum atomic E-state index is 13.4. The molecule has 1 rings (SSSR count). The fourth-order valence-electron chi connectivity index (χ4n) is 1.56. The maximum Gasteiger partial charge on any atom is 0.234 e. The molecular weight excluding hydrogens is 245 g/mol. The van der Waals surface area contributed by atoms with Gasteiger partial charge in [0.05, 0.1) is 19.0 Å². The Morgan fingerprint density at radius 2 is 2.26 bits per heavy atom. The summed E-state index contributed by atoms with van der Waals surface area (Å²) in [5.41, 5.74) is 1.40. The molecule has 0 aliphatic heterocycles. The van der Waals surface area contributed by atoms with Crippen LogP contribution in [0.25, 0.3) is 0 Å². The van der Waals surface area contributed by atoms with E-state index in [4.69, 9.17) is 5.26 Å². The van der Waals surface area contributed by atoms with E-state index in [1.165, 1.54) is 6.07 Å². The second-order valence-corrected chi connectivity index (χ2v) is 4.37. The Bertz CT molecular complexity index is 482. The number of aryl methyl sites for hydroxylation is 1. The summed E-state index contributed by atoms with van der Waals surface area (Å²) in [5.74, 6) is -0.417. The van der Waals surface area contributed by atoms with E-state index in [-0.39, 0.29) is 24.3 Å². The van der Waals surface area contributed by atoms with Gasteiger partial charge in [-0.2, -0.15) is 5.26 Å². The van der Waals surface area contributed by atoms with Gasteiger partial charge in [-0.05, 0) is 31.0 Å². The second-order valence-electron chi connectivity index (χ2n) is 4.37. The van der Waals surface area contributed by atoms with E-state index < -0.39 is 0 Å². The van der Waals surface area contributed by atoms with Crippen molar-refractivity contribution in [1.29, 1.82) is 5.26 Å². The van der Waals surface area contributed by atoms with Crippen LogP contribution in [0.5, 0.6) is 0 Å². The van der Waals surface area contributed by atoms with Crippen molar-refractivity contribution in [2.75, 3.05) is 13.1 Å². The minimum atomic E-state index is -0.246. The molecule has 2 N–H and O–H groups in total. The highest BCUT2D eigenvalue weighted by molar-refractivity contribution is 5.78. The highest BCUT2D eigenvalue weighted by Crippen LogP contribution is 2.15. The molecule has 1 aromatic carbocycles. The van der Waals surface area contributed by atoms with Crippen LogP contribution in [0.2, 0.25) is 0 Å². The highest BCUT2D eigenvalue weighted by Gasteiger charge is 2.09. The van der Waals surface area contributed by atoms with Crippen LogP contribution in [0.4, 0.5) is 4.39 Å². The molecule has 0 aromatic heterocycles. The Morgan fingerprint density at radius 3 is 2.89 bits per heavy atom. The lowest BCUT2D eigenvalue weighted by molar-refractivity contribution is -0.120. The van der Waals surface area contributed by atoms with Crippen LogP contribution >= 0.6 is 0 Å². The monoisotopic (exact) mass is 263 g/mol. The van der Waals surface area contributed by atoms with Crippen molar-refractivity contribution < 1.29 is 9.18 Å². The Hall–Kier alpha value is -1.93. The molecule has 1 unspecified atom stereocenters. The van der Waals surface area contributed by atoms with Crippen molar-refractivity contribution >= 4 is 5.91 Å². The highest BCUT2D eigenvalue weighted by atomic mass is 19.1. The second kappa shape index (κ2) is 7.49. The van der Waals surface area contributed by atoms with E-state index in [9.17, 15) is 9.18 Å². The predicted octanol–water partition coefficient (Wildman–Crippen LogP) is 1.81. The summed E-state index contributed by atoms with van der Waals surface area (Å²) in [7, 11) is 0. The van der Waals surface area contributed by atoms with Crippen LogP contribution in [0.3, 0.4) is 0 Å². The normalized spacial score (nSPS) is 11.7. The van der Waals surface area contributed by atoms with Crippen LogP contribution < -0.4 is 10.6 Å². The zero-order valence-electron chi connectivity index (χ0n) is 11.2. The molecule has 5 heteroatoms. The van der Waals surface area contributed by atoms with E-state index in [0.717, 1.165) is 5.56 Å². The van der Waals surface area contributed by atoms with Crippen LogP contribution in [-0.2, 0) is 4.79 Å². The molecule has 19 heavy (non-hydrogen) atoms. The molecule has 4 nitrogen and oxygen atoms in total. The molecule has 0 aliphatic rings. The molecule has 0 fully saturated rings. The number of nitriles is 1. The number of halogens is 1. The van der Waals surface area contributed by atoms with E-state index in [1.54, 1.807) is 13.0 Å². The van der Waals surface area contributed by atoms with Crippen molar-refractivity contribution in [2.24, 2.45) is 0 Å². The van der Waals surface area contributed by atoms with Gasteiger partial charge in [-0.1, -0.05) is 12.1 Å². The molecular formula is C14H18FN3O. The van der Waals surface area contributed by atoms with E-state index >= 15 is 0 Å². The summed E-state index contributed by atoms with van der Waals surface area (Å²) in [6.07, 6.45) is 0.296. The van der Waals surface area contributed by atoms with Gasteiger partial charge in [0.2, 0.25) is 5.91 Å². The van der Waals surface area contributed by atoms with Gasteiger partial charge < -0.3 is 10.6 Å². The van der Waals surface area contributed by atoms with Gasteiger partial charge in [-0.15, -0.1) is 0 Å². The van der Waals surface area contributed by atoms with E-state index in [1.807, 2.05) is 19.1 Å². The summed E-state index contributed by atoms with van der Waals surface area (Å²) in [5, 5.41) is 14.0. The number of rotatable bonds is 6. The number of hydrogen-bond acceptors (Lipinski definition) is 3. The SMILES string of the molecule is Cc1ccc(C(C)NCC(=O)NCCC#N)cc1F. The first-order valence-electron chi connectivity index (χ1n) is 6.17. The van der Waals surface area contributed by atoms with Crippen LogP contribution in [0.15, 0.2) is 18.2 Å². The average Bonchev–Trinajstić information content (AvgIpc) is 2.39. The molecule has 1 aromatic rings. The minimum Gasteiger partial charge on any atom is -0.354 e. The quantitative estimate of drug-likeness (QED) is 0.769. The number of carbonyl (C=O) groups is 1. The smallest absolute Gasteiger partial charge is 0.234 e. The van der Waals surface area contributed by atoms with Crippen LogP contribution in [0, 0.1) is 24.1 Å². The number of nitrogens with one attached hydrogen (secondary N) is 2. The lowest BCUT2D eigenvalue weighted by atomic mass is 10.1. The third-order valence-corrected chi connectivity index (χ3v) is 2.82. The van der Waals surface area contributed by atoms with E-state index in [0.29, 0.717) is 18.5 Å². The lowest BCUT2D eigenvalue weighted by Gasteiger charge is -2.14. The number of hydrogen-bond donors (Lipinski definition) is 2. The van der Waals surface area contributed by atoms with Crippen molar-refractivity contribution in [1.82, 2.24) is 10.6 Å². The Labute approximate surface area is 112 Å². The van der Waals surface area contributed by atoms with Crippen molar-refractivity contribution in [3.63, 3.8) is 0 Å². The number of nitrogens with zero attached hydrogens (tertiary/aromatic N) is 1. The van der Waals surface area contributed by atoms with E-state index in [2.05, 4.69) is 10.6 Å². The summed E-state index contributed by atoms with van der Waals surface area (Å²) in [6.45, 7) is 4.07. The zero-order chi connectivity index (χ0) is 14.3. The number of benzene rings is 1. The Morgan fingerprint density at radius 1 is 1.53 bits per heavy atom. The van der Waals surface area contributed by atoms with Crippen LogP contribution in [-0.4, -0.2) is 19.0 Å². The lowest BCUT2D eigenvalue weighted by Crippen LogP contribution is -2.35. The summed E-state index contributed by atoms with van der Waals surface area (Å²) < 4.78 is 13.4. The van der Waals surface area contributed by atoms with Gasteiger partial charge in [-0.3, -0.25) is 4.79 Å². The summed E-state index contributed by atoms with van der Waals surface area (Å²) >= 11 is 0. The molecule has 0 heterocycles. The largest absolute Gasteiger partial charge is 0.354 e. The Balaban J connectivity index is 2.42. The first kappa shape index (κ1) is 15.1.